The number of aryl methyl sites for hydroxylation is 1. The van der Waals surface area contributed by atoms with E-state index in [4.69, 9.17) is 16.7 Å². The van der Waals surface area contributed by atoms with Gasteiger partial charge in [-0.05, 0) is 31.5 Å². The van der Waals surface area contributed by atoms with E-state index in [9.17, 15) is 9.18 Å². The molecule has 0 radical (unpaired) electrons. The van der Waals surface area contributed by atoms with E-state index in [1.54, 1.807) is 13.8 Å². The number of carbonyl (C=O) groups excluding carboxylic acids is 1. The monoisotopic (exact) mass is 259 g/mol. The standard InChI is InChI=1S/C12H15ClFNO2/c1-3-15(4-5-16)12(17)9-6-8(2)11(14)7-10(9)13/h6-7,16H,3-5H2,1-2H3. The van der Waals surface area contributed by atoms with Gasteiger partial charge in [0.05, 0.1) is 17.2 Å². The van der Waals surface area contributed by atoms with Gasteiger partial charge in [0.15, 0.2) is 0 Å². The summed E-state index contributed by atoms with van der Waals surface area (Å²) in [4.78, 5) is 13.5. The van der Waals surface area contributed by atoms with E-state index in [2.05, 4.69) is 0 Å². The van der Waals surface area contributed by atoms with Crippen molar-refractivity contribution in [3.8, 4) is 0 Å². The molecule has 0 spiro atoms. The van der Waals surface area contributed by atoms with E-state index in [0.717, 1.165) is 6.07 Å². The van der Waals surface area contributed by atoms with Gasteiger partial charge in [0.1, 0.15) is 5.82 Å². The predicted molar refractivity (Wildman–Crippen MR) is 64.8 cm³/mol. The number of hydrogen-bond donors (Lipinski definition) is 1. The summed E-state index contributed by atoms with van der Waals surface area (Å²) in [5, 5.41) is 8.94. The van der Waals surface area contributed by atoms with Crippen LogP contribution < -0.4 is 0 Å². The Morgan fingerprint density at radius 2 is 2.18 bits per heavy atom. The van der Waals surface area contributed by atoms with E-state index < -0.39 is 5.82 Å². The first-order valence-corrected chi connectivity index (χ1v) is 5.74. The Hall–Kier alpha value is -1.13. The maximum atomic E-state index is 13.2. The maximum absolute atomic E-state index is 13.2. The summed E-state index contributed by atoms with van der Waals surface area (Å²) in [6, 6.07) is 2.57. The van der Waals surface area contributed by atoms with Crippen LogP contribution in [-0.4, -0.2) is 35.6 Å². The van der Waals surface area contributed by atoms with Crippen LogP contribution in [0, 0.1) is 12.7 Å². The molecule has 1 rings (SSSR count). The molecule has 1 aromatic rings. The number of nitrogens with zero attached hydrogens (tertiary/aromatic N) is 1. The van der Waals surface area contributed by atoms with Gasteiger partial charge in [-0.1, -0.05) is 11.6 Å². The summed E-state index contributed by atoms with van der Waals surface area (Å²) in [5.41, 5.74) is 0.638. The first-order chi connectivity index (χ1) is 8.01. The first-order valence-electron chi connectivity index (χ1n) is 5.37. The van der Waals surface area contributed by atoms with Gasteiger partial charge >= 0.3 is 0 Å². The average molecular weight is 260 g/mol. The molecule has 0 heterocycles. The van der Waals surface area contributed by atoms with Gasteiger partial charge in [0, 0.05) is 13.1 Å². The molecule has 0 unspecified atom stereocenters. The van der Waals surface area contributed by atoms with E-state index in [0.29, 0.717) is 12.1 Å². The Kier molecular flexibility index (Phi) is 4.90. The van der Waals surface area contributed by atoms with Crippen LogP contribution in [0.3, 0.4) is 0 Å². The van der Waals surface area contributed by atoms with E-state index in [-0.39, 0.29) is 29.6 Å². The van der Waals surface area contributed by atoms with Crippen LogP contribution >= 0.6 is 11.6 Å². The predicted octanol–water partition coefficient (Wildman–Crippen LogP) is 2.24. The fraction of sp³-hybridized carbons (Fsp3) is 0.417. The van der Waals surface area contributed by atoms with Gasteiger partial charge < -0.3 is 10.0 Å². The topological polar surface area (TPSA) is 40.5 Å². The summed E-state index contributed by atoms with van der Waals surface area (Å²) < 4.78 is 13.2. The number of hydrogen-bond acceptors (Lipinski definition) is 2. The number of aliphatic hydroxyl groups is 1. The third-order valence-electron chi connectivity index (χ3n) is 2.52. The van der Waals surface area contributed by atoms with Crippen molar-refractivity contribution >= 4 is 17.5 Å². The zero-order valence-electron chi connectivity index (χ0n) is 9.83. The molecule has 1 aromatic carbocycles. The van der Waals surface area contributed by atoms with Gasteiger partial charge in [-0.2, -0.15) is 0 Å². The summed E-state index contributed by atoms with van der Waals surface area (Å²) in [7, 11) is 0. The molecule has 0 fully saturated rings. The highest BCUT2D eigenvalue weighted by atomic mass is 35.5. The smallest absolute Gasteiger partial charge is 0.255 e. The molecule has 0 atom stereocenters. The molecule has 94 valence electrons. The highest BCUT2D eigenvalue weighted by Crippen LogP contribution is 2.21. The number of aliphatic hydroxyl groups excluding tert-OH is 1. The molecule has 17 heavy (non-hydrogen) atoms. The van der Waals surface area contributed by atoms with Crippen molar-refractivity contribution < 1.29 is 14.3 Å². The highest BCUT2D eigenvalue weighted by Gasteiger charge is 2.18. The highest BCUT2D eigenvalue weighted by molar-refractivity contribution is 6.33. The molecule has 5 heteroatoms. The van der Waals surface area contributed by atoms with Crippen LogP contribution in [0.2, 0.25) is 5.02 Å². The fourth-order valence-electron chi connectivity index (χ4n) is 1.52. The summed E-state index contributed by atoms with van der Waals surface area (Å²) in [5.74, 6) is -0.730. The lowest BCUT2D eigenvalue weighted by Gasteiger charge is -2.20. The molecule has 0 aromatic heterocycles. The van der Waals surface area contributed by atoms with Crippen LogP contribution in [0.1, 0.15) is 22.8 Å². The molecule has 1 N–H and O–H groups in total. The van der Waals surface area contributed by atoms with Gasteiger partial charge in [0.2, 0.25) is 0 Å². The second kappa shape index (κ2) is 5.98. The Bertz CT molecular complexity index is 423. The summed E-state index contributed by atoms with van der Waals surface area (Å²) in [6.45, 7) is 3.97. The van der Waals surface area contributed by atoms with Crippen LogP contribution in [0.15, 0.2) is 12.1 Å². The van der Waals surface area contributed by atoms with Crippen molar-refractivity contribution in [3.05, 3.63) is 34.1 Å². The zero-order valence-corrected chi connectivity index (χ0v) is 10.6. The molecule has 0 aliphatic carbocycles. The summed E-state index contributed by atoms with van der Waals surface area (Å²) >= 11 is 5.85. The Balaban J connectivity index is 3.07. The molecule has 0 bridgehead atoms. The van der Waals surface area contributed by atoms with Gasteiger partial charge in [-0.3, -0.25) is 4.79 Å². The van der Waals surface area contributed by atoms with Gasteiger partial charge in [-0.15, -0.1) is 0 Å². The lowest BCUT2D eigenvalue weighted by atomic mass is 10.1. The lowest BCUT2D eigenvalue weighted by molar-refractivity contribution is 0.0732. The summed E-state index contributed by atoms with van der Waals surface area (Å²) in [6.07, 6.45) is 0. The number of rotatable bonds is 4. The molecule has 0 aliphatic heterocycles. The minimum atomic E-state index is -0.434. The van der Waals surface area contributed by atoms with Gasteiger partial charge in [-0.25, -0.2) is 4.39 Å². The first kappa shape index (κ1) is 13.9. The molecule has 1 amide bonds. The molecular weight excluding hydrogens is 245 g/mol. The van der Waals surface area contributed by atoms with E-state index >= 15 is 0 Å². The SMILES string of the molecule is CCN(CCO)C(=O)c1cc(C)c(F)cc1Cl. The number of likely N-dealkylation sites (N-methyl/N-ethyl adjacent to an activating group) is 1. The van der Waals surface area contributed by atoms with E-state index in [1.165, 1.54) is 11.0 Å². The molecule has 0 saturated carbocycles. The number of halogens is 2. The van der Waals surface area contributed by atoms with Crippen LogP contribution in [0.4, 0.5) is 4.39 Å². The number of carbonyl (C=O) groups is 1. The molecule has 0 aliphatic rings. The second-order valence-corrected chi connectivity index (χ2v) is 4.10. The van der Waals surface area contributed by atoms with Gasteiger partial charge in [0.25, 0.3) is 5.91 Å². The van der Waals surface area contributed by atoms with Crippen molar-refractivity contribution in [3.63, 3.8) is 0 Å². The quantitative estimate of drug-likeness (QED) is 0.901. The zero-order chi connectivity index (χ0) is 13.0. The number of amides is 1. The van der Waals surface area contributed by atoms with Crippen molar-refractivity contribution in [2.24, 2.45) is 0 Å². The van der Waals surface area contributed by atoms with Crippen molar-refractivity contribution in [2.75, 3.05) is 19.7 Å². The fourth-order valence-corrected chi connectivity index (χ4v) is 1.75. The minimum Gasteiger partial charge on any atom is -0.395 e. The Morgan fingerprint density at radius 3 is 2.71 bits per heavy atom. The lowest BCUT2D eigenvalue weighted by Crippen LogP contribution is -2.33. The average Bonchev–Trinajstić information content (AvgIpc) is 2.30. The number of benzene rings is 1. The maximum Gasteiger partial charge on any atom is 0.255 e. The Labute approximate surface area is 105 Å². The minimum absolute atomic E-state index is 0.0921. The molecule has 0 saturated heterocycles. The van der Waals surface area contributed by atoms with Crippen LogP contribution in [-0.2, 0) is 0 Å². The Morgan fingerprint density at radius 1 is 1.53 bits per heavy atom. The van der Waals surface area contributed by atoms with Crippen LogP contribution in [0.25, 0.3) is 0 Å². The third kappa shape index (κ3) is 3.17. The third-order valence-corrected chi connectivity index (χ3v) is 2.83. The van der Waals surface area contributed by atoms with E-state index in [1.807, 2.05) is 0 Å². The van der Waals surface area contributed by atoms with Crippen molar-refractivity contribution in [1.29, 1.82) is 0 Å². The van der Waals surface area contributed by atoms with Crippen molar-refractivity contribution in [2.45, 2.75) is 13.8 Å². The van der Waals surface area contributed by atoms with Crippen molar-refractivity contribution in [1.82, 2.24) is 4.90 Å². The second-order valence-electron chi connectivity index (χ2n) is 3.69. The molecule has 3 nitrogen and oxygen atoms in total. The molecular formula is C12H15ClFNO2. The largest absolute Gasteiger partial charge is 0.395 e. The normalized spacial score (nSPS) is 10.4. The van der Waals surface area contributed by atoms with Crippen LogP contribution in [0.5, 0.6) is 0 Å².